The highest BCUT2D eigenvalue weighted by molar-refractivity contribution is 7.99. The van der Waals surface area contributed by atoms with E-state index in [0.717, 1.165) is 5.56 Å². The average Bonchev–Trinajstić information content (AvgIpc) is 2.62. The van der Waals surface area contributed by atoms with Crippen LogP contribution < -0.4 is 0 Å². The van der Waals surface area contributed by atoms with Gasteiger partial charge in [-0.1, -0.05) is 38.1 Å². The quantitative estimate of drug-likeness (QED) is 0.476. The van der Waals surface area contributed by atoms with Gasteiger partial charge < -0.3 is 4.74 Å². The zero-order valence-electron chi connectivity index (χ0n) is 16.0. The summed E-state index contributed by atoms with van der Waals surface area (Å²) in [5, 5.41) is 0. The van der Waals surface area contributed by atoms with Gasteiger partial charge in [-0.25, -0.2) is 4.79 Å². The zero-order chi connectivity index (χ0) is 18.7. The highest BCUT2D eigenvalue weighted by atomic mass is 32.2. The predicted molar refractivity (Wildman–Crippen MR) is 111 cm³/mol. The number of allylic oxidation sites excluding steroid dienone is 1. The molecule has 1 aliphatic heterocycles. The van der Waals surface area contributed by atoms with Crippen molar-refractivity contribution >= 4 is 29.4 Å². The van der Waals surface area contributed by atoms with Crippen molar-refractivity contribution in [3.63, 3.8) is 0 Å². The lowest BCUT2D eigenvalue weighted by molar-refractivity contribution is 0.0526. The topological polar surface area (TPSA) is 26.3 Å². The van der Waals surface area contributed by atoms with E-state index in [1.165, 1.54) is 33.8 Å². The van der Waals surface area contributed by atoms with Crippen LogP contribution in [0.4, 0.5) is 0 Å². The van der Waals surface area contributed by atoms with E-state index >= 15 is 0 Å². The van der Waals surface area contributed by atoms with Gasteiger partial charge in [0.25, 0.3) is 0 Å². The molecule has 0 saturated heterocycles. The number of rotatable bonds is 4. The number of benzene rings is 2. The van der Waals surface area contributed by atoms with Gasteiger partial charge in [0.15, 0.2) is 0 Å². The van der Waals surface area contributed by atoms with Crippen LogP contribution in [0.5, 0.6) is 0 Å². The van der Waals surface area contributed by atoms with Crippen LogP contribution in [0.15, 0.2) is 47.4 Å². The molecule has 0 spiro atoms. The molecule has 2 nitrogen and oxygen atoms in total. The number of carbonyl (C=O) groups is 1. The summed E-state index contributed by atoms with van der Waals surface area (Å²) in [5.74, 6) is 0.926. The summed E-state index contributed by atoms with van der Waals surface area (Å²) >= 11 is 1.96. The van der Waals surface area contributed by atoms with Crippen LogP contribution in [0.3, 0.4) is 0 Å². The summed E-state index contributed by atoms with van der Waals surface area (Å²) in [6.45, 7) is 9.03. The van der Waals surface area contributed by atoms with E-state index in [1.54, 1.807) is 0 Å². The van der Waals surface area contributed by atoms with E-state index in [1.807, 2.05) is 43.0 Å². The molecule has 3 rings (SSSR count). The van der Waals surface area contributed by atoms with Crippen LogP contribution in [-0.2, 0) is 10.2 Å². The van der Waals surface area contributed by atoms with E-state index in [2.05, 4.69) is 45.0 Å². The minimum atomic E-state index is -0.269. The van der Waals surface area contributed by atoms with Crippen LogP contribution in [0.1, 0.15) is 61.2 Å². The van der Waals surface area contributed by atoms with Crippen molar-refractivity contribution in [2.24, 2.45) is 0 Å². The van der Waals surface area contributed by atoms with Gasteiger partial charge in [0.05, 0.1) is 12.2 Å². The number of carbonyl (C=O) groups excluding carboxylic acids is 1. The number of esters is 1. The molecule has 0 aliphatic carbocycles. The number of fused-ring (bicyclic) bond motifs is 1. The zero-order valence-corrected chi connectivity index (χ0v) is 16.8. The smallest absolute Gasteiger partial charge is 0.338 e. The average molecular weight is 367 g/mol. The summed E-state index contributed by atoms with van der Waals surface area (Å²) in [4.78, 5) is 13.2. The highest BCUT2D eigenvalue weighted by Gasteiger charge is 2.27. The number of thioether (sulfide) groups is 1. The molecule has 3 heteroatoms. The second-order valence-corrected chi connectivity index (χ2v) is 8.50. The maximum absolute atomic E-state index is 11.8. The van der Waals surface area contributed by atoms with E-state index in [-0.39, 0.29) is 11.4 Å². The van der Waals surface area contributed by atoms with Crippen molar-refractivity contribution < 1.29 is 9.53 Å². The molecule has 0 amide bonds. The van der Waals surface area contributed by atoms with Gasteiger partial charge in [-0.15, -0.1) is 11.8 Å². The lowest BCUT2D eigenvalue weighted by Crippen LogP contribution is -2.22. The van der Waals surface area contributed by atoms with Crippen LogP contribution >= 0.6 is 11.8 Å². The fourth-order valence-corrected chi connectivity index (χ4v) is 4.73. The number of hydrogen-bond acceptors (Lipinski definition) is 3. The largest absolute Gasteiger partial charge is 0.462 e. The first-order valence-corrected chi connectivity index (χ1v) is 10.1. The van der Waals surface area contributed by atoms with E-state index in [9.17, 15) is 4.79 Å². The molecule has 0 radical (unpaired) electrons. The normalized spacial score (nSPS) is 16.1. The lowest BCUT2D eigenvalue weighted by atomic mass is 9.80. The minimum Gasteiger partial charge on any atom is -0.462 e. The Morgan fingerprint density at radius 3 is 2.54 bits per heavy atom. The second-order valence-electron chi connectivity index (χ2n) is 7.36. The van der Waals surface area contributed by atoms with Gasteiger partial charge in [-0.3, -0.25) is 0 Å². The van der Waals surface area contributed by atoms with Crippen molar-refractivity contribution in [1.29, 1.82) is 0 Å². The Morgan fingerprint density at radius 1 is 1.15 bits per heavy atom. The van der Waals surface area contributed by atoms with Crippen LogP contribution in [-0.4, -0.2) is 18.3 Å². The first-order valence-electron chi connectivity index (χ1n) is 9.14. The molecule has 0 bridgehead atoms. The first-order chi connectivity index (χ1) is 12.4. The van der Waals surface area contributed by atoms with Gasteiger partial charge in [0.2, 0.25) is 0 Å². The van der Waals surface area contributed by atoms with E-state index in [4.69, 9.17) is 4.74 Å². The van der Waals surface area contributed by atoms with Crippen LogP contribution in [0, 0.1) is 0 Å². The SMILES string of the molecule is CCOC(=O)c1ccc(/C=C(/C)c2ccc3c(c2)C(C)(C)CCS3)cc1. The van der Waals surface area contributed by atoms with Gasteiger partial charge in [0.1, 0.15) is 0 Å². The molecule has 0 N–H and O–H groups in total. The fraction of sp³-hybridized carbons (Fsp3) is 0.348. The Hall–Kier alpha value is -2.00. The van der Waals surface area contributed by atoms with Gasteiger partial charge in [-0.2, -0.15) is 0 Å². The standard InChI is InChI=1S/C23H26O2S/c1-5-25-22(24)18-8-6-17(7-9-18)14-16(2)19-10-11-21-20(15-19)23(3,4)12-13-26-21/h6-11,14-15H,5,12-13H2,1-4H3/b16-14-. The third-order valence-electron chi connectivity index (χ3n) is 4.95. The molecule has 1 heterocycles. The first kappa shape index (κ1) is 18.8. The van der Waals surface area contributed by atoms with Crippen molar-refractivity contribution in [1.82, 2.24) is 0 Å². The summed E-state index contributed by atoms with van der Waals surface area (Å²) in [6.07, 6.45) is 3.38. The molecule has 2 aromatic carbocycles. The molecule has 0 saturated carbocycles. The van der Waals surface area contributed by atoms with Crippen molar-refractivity contribution in [3.8, 4) is 0 Å². The molecule has 0 unspecified atom stereocenters. The number of hydrogen-bond donors (Lipinski definition) is 0. The fourth-order valence-electron chi connectivity index (χ4n) is 3.24. The molecule has 0 aromatic heterocycles. The molecule has 0 fully saturated rings. The van der Waals surface area contributed by atoms with Crippen molar-refractivity contribution in [3.05, 3.63) is 64.7 Å². The summed E-state index contributed by atoms with van der Waals surface area (Å²) in [5.41, 5.74) is 5.85. The van der Waals surface area contributed by atoms with Gasteiger partial charge in [0, 0.05) is 4.90 Å². The molecule has 26 heavy (non-hydrogen) atoms. The Bertz CT molecular complexity index is 832. The predicted octanol–water partition coefficient (Wildman–Crippen LogP) is 6.20. The Morgan fingerprint density at radius 2 is 1.85 bits per heavy atom. The monoisotopic (exact) mass is 366 g/mol. The molecule has 0 atom stereocenters. The highest BCUT2D eigenvalue weighted by Crippen LogP contribution is 2.42. The maximum atomic E-state index is 11.8. The minimum absolute atomic E-state index is 0.234. The third kappa shape index (κ3) is 4.04. The van der Waals surface area contributed by atoms with E-state index < -0.39 is 0 Å². The van der Waals surface area contributed by atoms with Crippen molar-refractivity contribution in [2.45, 2.75) is 44.4 Å². The lowest BCUT2D eigenvalue weighted by Gasteiger charge is -2.32. The van der Waals surface area contributed by atoms with Crippen LogP contribution in [0.25, 0.3) is 11.6 Å². The molecular weight excluding hydrogens is 340 g/mol. The third-order valence-corrected chi connectivity index (χ3v) is 6.03. The molecule has 2 aromatic rings. The van der Waals surface area contributed by atoms with Gasteiger partial charge in [-0.05, 0) is 78.0 Å². The molecular formula is C23H26O2S. The molecule has 136 valence electrons. The Kier molecular flexibility index (Phi) is 5.57. The summed E-state index contributed by atoms with van der Waals surface area (Å²) in [6, 6.07) is 14.4. The summed E-state index contributed by atoms with van der Waals surface area (Å²) < 4.78 is 5.03. The number of ether oxygens (including phenoxy) is 1. The second kappa shape index (κ2) is 7.71. The Labute approximate surface area is 160 Å². The summed E-state index contributed by atoms with van der Waals surface area (Å²) in [7, 11) is 0. The molecule has 1 aliphatic rings. The Balaban J connectivity index is 1.85. The van der Waals surface area contributed by atoms with Crippen LogP contribution in [0.2, 0.25) is 0 Å². The van der Waals surface area contributed by atoms with Crippen molar-refractivity contribution in [2.75, 3.05) is 12.4 Å². The maximum Gasteiger partial charge on any atom is 0.338 e. The van der Waals surface area contributed by atoms with Gasteiger partial charge >= 0.3 is 5.97 Å². The van der Waals surface area contributed by atoms with E-state index in [0.29, 0.717) is 12.2 Å².